The molecule has 1 aromatic carbocycles. The van der Waals surface area contributed by atoms with Crippen molar-refractivity contribution in [1.29, 1.82) is 0 Å². The Labute approximate surface area is 191 Å². The number of hydrogen-bond acceptors (Lipinski definition) is 7. The Bertz CT molecular complexity index is 746. The third-order valence-corrected chi connectivity index (χ3v) is 4.62. The highest BCUT2D eigenvalue weighted by atomic mass is 16.9. The van der Waals surface area contributed by atoms with Gasteiger partial charge in [0.2, 0.25) is 0 Å². The minimum Gasteiger partial charge on any atom is -0.383 e. The topological polar surface area (TPSA) is 86.6 Å². The van der Waals surface area contributed by atoms with Crippen LogP contribution >= 0.6 is 0 Å². The largest absolute Gasteiger partial charge is 0.443 e. The smallest absolute Gasteiger partial charge is 0.383 e. The maximum absolute atomic E-state index is 12.3. The number of unbranched alkanes of at least 4 members (excludes halogenated alkanes) is 7. The van der Waals surface area contributed by atoms with E-state index in [9.17, 15) is 9.59 Å². The van der Waals surface area contributed by atoms with Crippen molar-refractivity contribution < 1.29 is 23.9 Å². The molecule has 0 fully saturated rings. The Morgan fingerprint density at radius 3 is 1.84 bits per heavy atom. The molecule has 0 N–H and O–H groups in total. The quantitative estimate of drug-likeness (QED) is 0.0676. The van der Waals surface area contributed by atoms with Gasteiger partial charge in [0.1, 0.15) is 0 Å². The van der Waals surface area contributed by atoms with E-state index in [1.54, 1.807) is 24.3 Å². The third-order valence-electron chi connectivity index (χ3n) is 4.62. The summed E-state index contributed by atoms with van der Waals surface area (Å²) >= 11 is 0. The number of ether oxygens (including phenoxy) is 2. The van der Waals surface area contributed by atoms with Crippen LogP contribution in [-0.2, 0) is 23.9 Å². The monoisotopic (exact) mass is 444 g/mol. The zero-order valence-electron chi connectivity index (χ0n) is 19.6. The predicted molar refractivity (Wildman–Crippen MR) is 124 cm³/mol. The van der Waals surface area contributed by atoms with Crippen molar-refractivity contribution in [3.63, 3.8) is 0 Å². The Morgan fingerprint density at radius 2 is 1.34 bits per heavy atom. The minimum atomic E-state index is -2.05. The molecule has 0 atom stereocenters. The first-order chi connectivity index (χ1) is 15.3. The molecule has 7 heteroatoms. The number of benzene rings is 1. The molecule has 0 unspecified atom stereocenters. The summed E-state index contributed by atoms with van der Waals surface area (Å²) in [6.45, 7) is 12.3. The second kappa shape index (κ2) is 14.9. The summed E-state index contributed by atoms with van der Waals surface area (Å²) < 4.78 is 10.8. The van der Waals surface area contributed by atoms with Gasteiger partial charge < -0.3 is 9.47 Å². The van der Waals surface area contributed by atoms with E-state index < -0.39 is 17.9 Å². The summed E-state index contributed by atoms with van der Waals surface area (Å²) in [5.74, 6) is -3.56. The Kier molecular flexibility index (Phi) is 12.6. The predicted octanol–water partition coefficient (Wildman–Crippen LogP) is 7.13. The van der Waals surface area contributed by atoms with Gasteiger partial charge in [-0.05, 0) is 32.4 Å². The van der Waals surface area contributed by atoms with Crippen LogP contribution in [0.3, 0.4) is 0 Å². The summed E-state index contributed by atoms with van der Waals surface area (Å²) in [6, 6.07) is 8.89. The maximum Gasteiger partial charge on any atom is 0.443 e. The molecule has 1 rings (SSSR count). The first kappa shape index (κ1) is 27.1. The highest BCUT2D eigenvalue weighted by Crippen LogP contribution is 2.28. The van der Waals surface area contributed by atoms with Crippen LogP contribution in [0.25, 0.3) is 0 Å². The van der Waals surface area contributed by atoms with Crippen molar-refractivity contribution in [3.05, 3.63) is 54.6 Å². The summed E-state index contributed by atoms with van der Waals surface area (Å²) in [5.41, 5.74) is 0.812. The number of carbonyl (C=O) groups excluding carboxylic acids is 2. The number of nitrogens with zero attached hydrogens (tertiary/aromatic N) is 2. The van der Waals surface area contributed by atoms with Crippen LogP contribution in [0.15, 0.2) is 65.0 Å². The van der Waals surface area contributed by atoms with Gasteiger partial charge in [-0.15, -0.1) is 5.11 Å². The van der Waals surface area contributed by atoms with E-state index in [1.807, 2.05) is 6.07 Å². The molecule has 32 heavy (non-hydrogen) atoms. The fourth-order valence-electron chi connectivity index (χ4n) is 2.76. The summed E-state index contributed by atoms with van der Waals surface area (Å²) in [4.78, 5) is 30.0. The average Bonchev–Trinajstić information content (AvgIpc) is 2.76. The Balaban J connectivity index is 2.91. The Morgan fingerprint density at radius 1 is 0.844 bits per heavy atom. The second-order valence-electron chi connectivity index (χ2n) is 7.86. The highest BCUT2D eigenvalue weighted by molar-refractivity contribution is 5.88. The molecule has 1 aromatic rings. The van der Waals surface area contributed by atoms with Gasteiger partial charge in [0, 0.05) is 16.4 Å². The van der Waals surface area contributed by atoms with Crippen molar-refractivity contribution in [3.8, 4) is 0 Å². The lowest BCUT2D eigenvalue weighted by atomic mass is 10.1. The van der Waals surface area contributed by atoms with Gasteiger partial charge in [-0.1, -0.05) is 83.2 Å². The molecule has 0 aliphatic rings. The van der Waals surface area contributed by atoms with Crippen molar-refractivity contribution >= 4 is 17.6 Å². The van der Waals surface area contributed by atoms with Crippen molar-refractivity contribution in [2.75, 3.05) is 0 Å². The number of hydrogen-bond donors (Lipinski definition) is 0. The van der Waals surface area contributed by atoms with Crippen LogP contribution in [-0.4, -0.2) is 17.9 Å². The van der Waals surface area contributed by atoms with Crippen LogP contribution in [0.1, 0.15) is 78.6 Å². The fraction of sp³-hybridized carbons (Fsp3) is 0.520. The van der Waals surface area contributed by atoms with E-state index in [1.165, 1.54) is 39.5 Å². The van der Waals surface area contributed by atoms with Crippen molar-refractivity contribution in [2.45, 2.75) is 84.5 Å². The molecular formula is C25H36N2O5. The molecule has 0 radical (unpaired) electrons. The molecule has 0 aliphatic carbocycles. The van der Waals surface area contributed by atoms with E-state index in [4.69, 9.17) is 14.3 Å². The molecule has 0 aliphatic heterocycles. The first-order valence-electron chi connectivity index (χ1n) is 11.2. The van der Waals surface area contributed by atoms with E-state index in [-0.39, 0.29) is 17.6 Å². The van der Waals surface area contributed by atoms with Crippen LogP contribution in [0.5, 0.6) is 0 Å². The lowest BCUT2D eigenvalue weighted by molar-refractivity contribution is -0.350. The van der Waals surface area contributed by atoms with Crippen LogP contribution in [0, 0.1) is 0 Å². The maximum atomic E-state index is 12.3. The summed E-state index contributed by atoms with van der Waals surface area (Å²) in [6.07, 6.45) is 8.59. The number of rotatable bonds is 16. The van der Waals surface area contributed by atoms with Crippen LogP contribution < -0.4 is 0 Å². The summed E-state index contributed by atoms with van der Waals surface area (Å²) in [5, 5.41) is 7.66. The third kappa shape index (κ3) is 10.9. The van der Waals surface area contributed by atoms with E-state index in [0.29, 0.717) is 12.1 Å². The van der Waals surface area contributed by atoms with Crippen LogP contribution in [0.2, 0.25) is 0 Å². The van der Waals surface area contributed by atoms with Gasteiger partial charge in [0.15, 0.2) is 0 Å². The molecule has 0 spiro atoms. The SMILES string of the molecule is C=C(C)C(=O)OC(CCCCCCCCCC)(ON=Nc1ccccc1)OC(=O)C(=C)C. The molecule has 7 nitrogen and oxygen atoms in total. The lowest BCUT2D eigenvalue weighted by Crippen LogP contribution is -2.42. The zero-order chi connectivity index (χ0) is 23.8. The number of carbonyl (C=O) groups is 2. The molecule has 0 aromatic heterocycles. The van der Waals surface area contributed by atoms with Gasteiger partial charge >= 0.3 is 17.9 Å². The standard InChI is InChI=1S/C25H36N2O5/c1-6-7-8-9-10-11-12-16-19-25(30-23(28)20(2)3,31-24(29)21(4)5)32-27-26-22-17-14-13-15-18-22/h13-15,17-18H,2,4,6-12,16,19H2,1,3,5H3. The van der Waals surface area contributed by atoms with Gasteiger partial charge in [-0.2, -0.15) is 0 Å². The first-order valence-corrected chi connectivity index (χ1v) is 11.2. The van der Waals surface area contributed by atoms with Gasteiger partial charge in [0.05, 0.1) is 12.1 Å². The van der Waals surface area contributed by atoms with Gasteiger partial charge in [0.25, 0.3) is 0 Å². The van der Waals surface area contributed by atoms with Gasteiger partial charge in [-0.3, -0.25) is 4.84 Å². The second-order valence-corrected chi connectivity index (χ2v) is 7.86. The van der Waals surface area contributed by atoms with E-state index in [0.717, 1.165) is 19.3 Å². The van der Waals surface area contributed by atoms with Crippen LogP contribution in [0.4, 0.5) is 5.69 Å². The lowest BCUT2D eigenvalue weighted by Gasteiger charge is -2.29. The van der Waals surface area contributed by atoms with Crippen molar-refractivity contribution in [1.82, 2.24) is 0 Å². The van der Waals surface area contributed by atoms with Gasteiger partial charge in [-0.25, -0.2) is 9.59 Å². The number of esters is 2. The molecule has 0 bridgehead atoms. The van der Waals surface area contributed by atoms with Crippen molar-refractivity contribution in [2.24, 2.45) is 10.4 Å². The van der Waals surface area contributed by atoms with E-state index >= 15 is 0 Å². The molecule has 0 saturated heterocycles. The molecule has 0 saturated carbocycles. The zero-order valence-corrected chi connectivity index (χ0v) is 19.6. The van der Waals surface area contributed by atoms with E-state index in [2.05, 4.69) is 30.5 Å². The Hall–Kier alpha value is -2.96. The normalized spacial score (nSPS) is 11.2. The molecule has 176 valence electrons. The highest BCUT2D eigenvalue weighted by Gasteiger charge is 2.42. The molecule has 0 amide bonds. The summed E-state index contributed by atoms with van der Waals surface area (Å²) in [7, 11) is 0. The molecular weight excluding hydrogens is 408 g/mol. The average molecular weight is 445 g/mol. The minimum absolute atomic E-state index is 0.105. The molecule has 0 heterocycles. The fourth-order valence-corrected chi connectivity index (χ4v) is 2.76.